The Bertz CT molecular complexity index is 222. The van der Waals surface area contributed by atoms with Gasteiger partial charge in [-0.15, -0.1) is 0 Å². The van der Waals surface area contributed by atoms with Gasteiger partial charge in [-0.3, -0.25) is 4.99 Å². The average molecular weight is 166 g/mol. The van der Waals surface area contributed by atoms with Gasteiger partial charge < -0.3 is 4.90 Å². The lowest BCUT2D eigenvalue weighted by molar-refractivity contribution is 0.347. The third-order valence-electron chi connectivity index (χ3n) is 2.09. The predicted molar refractivity (Wildman–Crippen MR) is 53.6 cm³/mol. The highest BCUT2D eigenvalue weighted by Gasteiger charge is 2.11. The fourth-order valence-corrected chi connectivity index (χ4v) is 1.51. The van der Waals surface area contributed by atoms with Crippen LogP contribution < -0.4 is 0 Å². The molecule has 12 heavy (non-hydrogen) atoms. The van der Waals surface area contributed by atoms with Gasteiger partial charge in [-0.2, -0.15) is 0 Å². The summed E-state index contributed by atoms with van der Waals surface area (Å²) < 4.78 is 0. The van der Waals surface area contributed by atoms with Gasteiger partial charge in [-0.1, -0.05) is 0 Å². The van der Waals surface area contributed by atoms with Gasteiger partial charge >= 0.3 is 0 Å². The van der Waals surface area contributed by atoms with E-state index in [9.17, 15) is 0 Å². The predicted octanol–water partition coefficient (Wildman–Crippen LogP) is 2.08. The zero-order valence-electron chi connectivity index (χ0n) is 8.52. The number of aliphatic imine (C=N–C) groups is 1. The molecule has 2 nitrogen and oxygen atoms in total. The summed E-state index contributed by atoms with van der Waals surface area (Å²) in [6.45, 7) is 8.50. The van der Waals surface area contributed by atoms with Crippen LogP contribution in [-0.4, -0.2) is 30.7 Å². The smallest absolute Gasteiger partial charge is 0.0417 e. The Morgan fingerprint density at radius 1 is 1.42 bits per heavy atom. The van der Waals surface area contributed by atoms with Gasteiger partial charge in [0.15, 0.2) is 0 Å². The summed E-state index contributed by atoms with van der Waals surface area (Å²) in [5, 5.41) is 0. The summed E-state index contributed by atoms with van der Waals surface area (Å²) in [5.74, 6) is 0. The minimum atomic E-state index is 1.08. The molecule has 1 heterocycles. The van der Waals surface area contributed by atoms with Gasteiger partial charge in [0.1, 0.15) is 0 Å². The highest BCUT2D eigenvalue weighted by Crippen LogP contribution is 2.17. The first-order chi connectivity index (χ1) is 5.59. The third-order valence-corrected chi connectivity index (χ3v) is 2.09. The van der Waals surface area contributed by atoms with E-state index in [4.69, 9.17) is 0 Å². The van der Waals surface area contributed by atoms with E-state index in [1.165, 1.54) is 11.3 Å². The minimum absolute atomic E-state index is 1.08. The van der Waals surface area contributed by atoms with Gasteiger partial charge in [-0.05, 0) is 33.4 Å². The van der Waals surface area contributed by atoms with E-state index in [1.54, 1.807) is 0 Å². The molecule has 0 saturated carbocycles. The zero-order valence-corrected chi connectivity index (χ0v) is 8.52. The first kappa shape index (κ1) is 9.46. The van der Waals surface area contributed by atoms with Crippen LogP contribution in [0.3, 0.4) is 0 Å². The van der Waals surface area contributed by atoms with Gasteiger partial charge in [0.05, 0.1) is 0 Å². The molecule has 0 unspecified atom stereocenters. The van der Waals surface area contributed by atoms with Crippen LogP contribution in [0.1, 0.15) is 27.2 Å². The first-order valence-electron chi connectivity index (χ1n) is 4.48. The molecule has 1 aliphatic heterocycles. The molecule has 1 aliphatic rings. The van der Waals surface area contributed by atoms with E-state index >= 15 is 0 Å². The Kier molecular flexibility index (Phi) is 3.04. The Balaban J connectivity index is 2.76. The molecule has 0 atom stereocenters. The lowest BCUT2D eigenvalue weighted by atomic mass is 10.1. The van der Waals surface area contributed by atoms with E-state index < -0.39 is 0 Å². The first-order valence-corrected chi connectivity index (χ1v) is 4.48. The number of likely N-dealkylation sites (N-methyl/N-ethyl adjacent to an activating group) is 1. The normalized spacial score (nSPS) is 19.7. The maximum Gasteiger partial charge on any atom is 0.0417 e. The molecule has 0 aromatic carbocycles. The van der Waals surface area contributed by atoms with Crippen molar-refractivity contribution in [3.63, 3.8) is 0 Å². The molecule has 1 rings (SSSR count). The Morgan fingerprint density at radius 2 is 2.08 bits per heavy atom. The molecule has 0 saturated heterocycles. The van der Waals surface area contributed by atoms with Crippen LogP contribution in [0.25, 0.3) is 0 Å². The molecule has 68 valence electrons. The van der Waals surface area contributed by atoms with Crippen molar-refractivity contribution in [2.24, 2.45) is 4.99 Å². The maximum atomic E-state index is 4.52. The molecule has 0 N–H and O–H groups in total. The average Bonchev–Trinajstić information content (AvgIpc) is 1.94. The van der Waals surface area contributed by atoms with Crippen LogP contribution in [-0.2, 0) is 0 Å². The molecular weight excluding hydrogens is 148 g/mol. The standard InChI is InChI=1S/C10H18N2/c1-8(2)11-10-5-6-12(4)7-9(10)3/h5-7H2,1-4H3. The number of nitrogens with zero attached hydrogens (tertiary/aromatic N) is 2. The summed E-state index contributed by atoms with van der Waals surface area (Å²) in [6.07, 6.45) is 1.10. The lowest BCUT2D eigenvalue weighted by Gasteiger charge is -2.24. The molecule has 0 aliphatic carbocycles. The van der Waals surface area contributed by atoms with Crippen LogP contribution >= 0.6 is 0 Å². The van der Waals surface area contributed by atoms with Crippen LogP contribution in [0, 0.1) is 0 Å². The fourth-order valence-electron chi connectivity index (χ4n) is 1.51. The van der Waals surface area contributed by atoms with Crippen LogP contribution in [0.5, 0.6) is 0 Å². The Hall–Kier alpha value is -0.630. The second-order valence-electron chi connectivity index (χ2n) is 3.77. The lowest BCUT2D eigenvalue weighted by Crippen LogP contribution is -2.26. The molecule has 0 bridgehead atoms. The van der Waals surface area contributed by atoms with Gasteiger partial charge in [0.2, 0.25) is 0 Å². The summed E-state index contributed by atoms with van der Waals surface area (Å²) in [5.41, 5.74) is 3.88. The van der Waals surface area contributed by atoms with Crippen molar-refractivity contribution in [3.05, 3.63) is 11.3 Å². The second kappa shape index (κ2) is 3.85. The molecule has 0 radical (unpaired) electrons. The van der Waals surface area contributed by atoms with Crippen molar-refractivity contribution < 1.29 is 0 Å². The Morgan fingerprint density at radius 3 is 2.58 bits per heavy atom. The van der Waals surface area contributed by atoms with Crippen molar-refractivity contribution >= 4 is 5.71 Å². The third kappa shape index (κ3) is 2.45. The van der Waals surface area contributed by atoms with E-state index in [0.29, 0.717) is 0 Å². The summed E-state index contributed by atoms with van der Waals surface area (Å²) >= 11 is 0. The second-order valence-corrected chi connectivity index (χ2v) is 3.77. The monoisotopic (exact) mass is 166 g/mol. The number of hydrogen-bond donors (Lipinski definition) is 0. The van der Waals surface area contributed by atoms with Gasteiger partial charge in [-0.25, -0.2) is 0 Å². The molecular formula is C10H18N2. The van der Waals surface area contributed by atoms with E-state index in [1.807, 2.05) is 0 Å². The van der Waals surface area contributed by atoms with Crippen molar-refractivity contribution in [3.8, 4) is 0 Å². The van der Waals surface area contributed by atoms with E-state index in [-0.39, 0.29) is 0 Å². The minimum Gasteiger partial charge on any atom is -0.302 e. The van der Waals surface area contributed by atoms with Crippen LogP contribution in [0.15, 0.2) is 16.3 Å². The molecule has 2 heteroatoms. The van der Waals surface area contributed by atoms with Crippen molar-refractivity contribution in [1.29, 1.82) is 0 Å². The molecule has 0 spiro atoms. The summed E-state index contributed by atoms with van der Waals surface area (Å²) in [7, 11) is 2.16. The largest absolute Gasteiger partial charge is 0.302 e. The molecule has 0 aromatic rings. The maximum absolute atomic E-state index is 4.52. The van der Waals surface area contributed by atoms with Gasteiger partial charge in [0, 0.05) is 30.9 Å². The Labute approximate surface area is 75.0 Å². The van der Waals surface area contributed by atoms with Crippen molar-refractivity contribution in [2.75, 3.05) is 20.1 Å². The van der Waals surface area contributed by atoms with Crippen molar-refractivity contribution in [1.82, 2.24) is 4.90 Å². The highest BCUT2D eigenvalue weighted by molar-refractivity contribution is 5.80. The van der Waals surface area contributed by atoms with Crippen LogP contribution in [0.4, 0.5) is 0 Å². The van der Waals surface area contributed by atoms with E-state index in [0.717, 1.165) is 25.2 Å². The van der Waals surface area contributed by atoms with Crippen molar-refractivity contribution in [2.45, 2.75) is 27.2 Å². The fraction of sp³-hybridized carbons (Fsp3) is 0.700. The topological polar surface area (TPSA) is 15.6 Å². The molecule has 0 fully saturated rings. The quantitative estimate of drug-likeness (QED) is 0.544. The summed E-state index contributed by atoms with van der Waals surface area (Å²) in [6, 6.07) is 0. The molecule has 0 amide bonds. The van der Waals surface area contributed by atoms with E-state index in [2.05, 4.69) is 37.7 Å². The number of hydrogen-bond acceptors (Lipinski definition) is 2. The SMILES string of the molecule is CC(C)=NC1=C(C)CN(C)CC1. The summed E-state index contributed by atoms with van der Waals surface area (Å²) in [4.78, 5) is 6.85. The highest BCUT2D eigenvalue weighted by atomic mass is 15.1. The van der Waals surface area contributed by atoms with Gasteiger partial charge in [0.25, 0.3) is 0 Å². The number of rotatable bonds is 1. The van der Waals surface area contributed by atoms with Crippen LogP contribution in [0.2, 0.25) is 0 Å². The molecule has 0 aromatic heterocycles. The zero-order chi connectivity index (χ0) is 9.14.